The maximum atomic E-state index is 11.3. The second-order valence-electron chi connectivity index (χ2n) is 19.5. The molecule has 7 unspecified atom stereocenters. The van der Waals surface area contributed by atoms with Gasteiger partial charge in [-0.3, -0.25) is 4.99 Å². The van der Waals surface area contributed by atoms with E-state index in [4.69, 9.17) is 36.7 Å². The Morgan fingerprint density at radius 2 is 1.83 bits per heavy atom. The molecule has 7 N–H and O–H groups in total. The number of benzene rings is 1. The van der Waals surface area contributed by atoms with Crippen LogP contribution < -0.4 is 22.1 Å². The molecule has 5 fully saturated rings. The van der Waals surface area contributed by atoms with Crippen molar-refractivity contribution in [3.63, 3.8) is 0 Å². The third kappa shape index (κ3) is 6.15. The highest BCUT2D eigenvalue weighted by Crippen LogP contribution is 2.89. The lowest BCUT2D eigenvalue weighted by molar-refractivity contribution is -0.440. The zero-order chi connectivity index (χ0) is 41.6. The molecule has 2 aromatic heterocycles. The fourth-order valence-electron chi connectivity index (χ4n) is 13.7. The Morgan fingerprint density at radius 1 is 1.03 bits per heavy atom. The van der Waals surface area contributed by atoms with Gasteiger partial charge in [0.15, 0.2) is 6.29 Å². The Bertz CT molecular complexity index is 2300. The number of aromatic nitrogens is 2. The Kier molecular flexibility index (Phi) is 9.90. The Labute approximate surface area is 358 Å². The number of hydrogen-bond donors (Lipinski definition) is 4. The van der Waals surface area contributed by atoms with Crippen LogP contribution in [0.5, 0.6) is 0 Å². The number of rotatable bonds is 11. The van der Waals surface area contributed by atoms with Crippen LogP contribution in [0.25, 0.3) is 21.1 Å². The van der Waals surface area contributed by atoms with Crippen molar-refractivity contribution in [2.45, 2.75) is 104 Å². The van der Waals surface area contributed by atoms with E-state index < -0.39 is 6.29 Å². The third-order valence-electron chi connectivity index (χ3n) is 16.3. The van der Waals surface area contributed by atoms with E-state index in [1.165, 1.54) is 75.8 Å². The van der Waals surface area contributed by atoms with E-state index >= 15 is 0 Å². The number of hydrogen-bond acceptors (Lipinski definition) is 12. The van der Waals surface area contributed by atoms with E-state index in [9.17, 15) is 5.11 Å². The van der Waals surface area contributed by atoms with Gasteiger partial charge in [0.2, 0.25) is 0 Å². The fourth-order valence-corrected chi connectivity index (χ4v) is 14.5. The molecule has 0 amide bonds. The van der Waals surface area contributed by atoms with Crippen LogP contribution in [0, 0.1) is 28.1 Å². The first-order valence-corrected chi connectivity index (χ1v) is 23.1. The number of aliphatic hydroxyl groups is 1. The number of aliphatic imine (C=N–C) groups is 1. The van der Waals surface area contributed by atoms with Gasteiger partial charge in [0, 0.05) is 57.8 Å². The summed E-state index contributed by atoms with van der Waals surface area (Å²) < 4.78 is 13.9. The quantitative estimate of drug-likeness (QED) is 0.139. The molecular formula is C47H62N9O3S-. The van der Waals surface area contributed by atoms with E-state index in [2.05, 4.69) is 29.0 Å². The van der Waals surface area contributed by atoms with E-state index in [0.29, 0.717) is 63.2 Å². The number of anilines is 1. The number of para-hydroxylation sites is 1. The van der Waals surface area contributed by atoms with Gasteiger partial charge in [0.25, 0.3) is 0 Å². The summed E-state index contributed by atoms with van der Waals surface area (Å²) in [5.41, 5.74) is 27.3. The molecule has 7 atom stereocenters. The smallest absolute Gasteiger partial charge is 0.199 e. The first-order chi connectivity index (χ1) is 28.8. The molecule has 60 heavy (non-hydrogen) atoms. The van der Waals surface area contributed by atoms with Crippen LogP contribution in [0.2, 0.25) is 0 Å². The third-order valence-corrected chi connectivity index (χ3v) is 17.2. The maximum Gasteiger partial charge on any atom is 0.199 e. The van der Waals surface area contributed by atoms with Gasteiger partial charge < -0.3 is 51.9 Å². The highest BCUT2D eigenvalue weighted by Gasteiger charge is 2.87. The SMILES string of the molecule is CC(=NCC1CC2(C)CC3(OCCN4CCCC4)CC4(C)CCC1CC423)C1=C(N)COC(O)c2nc(N3CCCC(/C(C)=C(\N)[N-]c4nc5ccccc5s4)=C3N)ccc21. The van der Waals surface area contributed by atoms with Gasteiger partial charge in [0.05, 0.1) is 23.9 Å². The van der Waals surface area contributed by atoms with Gasteiger partial charge >= 0.3 is 0 Å². The molecule has 1 aromatic carbocycles. The number of nitrogens with two attached hydrogens (primary N) is 3. The molecule has 1 spiro atoms. The average Bonchev–Trinajstić information content (AvgIpc) is 3.88. The number of aliphatic hydroxyl groups excluding tert-OH is 1. The number of ether oxygens (including phenoxy) is 2. The van der Waals surface area contributed by atoms with E-state index in [0.717, 1.165) is 70.7 Å². The molecule has 0 radical (unpaired) electrons. The van der Waals surface area contributed by atoms with Crippen molar-refractivity contribution in [2.75, 3.05) is 50.8 Å². The molecule has 3 aromatic rings. The Morgan fingerprint density at radius 3 is 2.65 bits per heavy atom. The second-order valence-corrected chi connectivity index (χ2v) is 20.5. The molecule has 4 saturated carbocycles. The van der Waals surface area contributed by atoms with Crippen molar-refractivity contribution in [3.05, 3.63) is 81.5 Å². The summed E-state index contributed by atoms with van der Waals surface area (Å²) in [4.78, 5) is 19.5. The van der Waals surface area contributed by atoms with Crippen molar-refractivity contribution in [1.29, 1.82) is 0 Å². The van der Waals surface area contributed by atoms with Crippen molar-refractivity contribution < 1.29 is 14.6 Å². The predicted molar refractivity (Wildman–Crippen MR) is 239 cm³/mol. The van der Waals surface area contributed by atoms with E-state index in [1.54, 1.807) is 0 Å². The van der Waals surface area contributed by atoms with Gasteiger partial charge in [0.1, 0.15) is 17.3 Å². The second kappa shape index (κ2) is 14.8. The number of nitrogens with zero attached hydrogens (tertiary/aromatic N) is 6. The highest BCUT2D eigenvalue weighted by atomic mass is 32.1. The first-order valence-electron chi connectivity index (χ1n) is 22.3. The molecule has 4 aliphatic carbocycles. The number of thiazole rings is 1. The van der Waals surface area contributed by atoms with Crippen LogP contribution >= 0.6 is 11.3 Å². The van der Waals surface area contributed by atoms with Crippen LogP contribution in [0.4, 0.5) is 10.9 Å². The molecule has 10 rings (SSSR count). The van der Waals surface area contributed by atoms with E-state index in [-0.39, 0.29) is 17.6 Å². The molecule has 13 heteroatoms. The summed E-state index contributed by atoms with van der Waals surface area (Å²) in [6.07, 6.45) is 10.4. The predicted octanol–water partition coefficient (Wildman–Crippen LogP) is 7.99. The van der Waals surface area contributed by atoms with Gasteiger partial charge in [-0.05, 0) is 149 Å². The first kappa shape index (κ1) is 40.1. The van der Waals surface area contributed by atoms with Crippen LogP contribution in [0.1, 0.15) is 109 Å². The molecule has 2 bridgehead atoms. The zero-order valence-corrected chi connectivity index (χ0v) is 36.6. The molecule has 12 nitrogen and oxygen atoms in total. The summed E-state index contributed by atoms with van der Waals surface area (Å²) in [6.45, 7) is 15.1. The van der Waals surface area contributed by atoms with Crippen LogP contribution in [-0.2, 0) is 9.47 Å². The Balaban J connectivity index is 0.864. The summed E-state index contributed by atoms with van der Waals surface area (Å²) in [5, 5.41) is 16.6. The maximum absolute atomic E-state index is 11.3. The lowest BCUT2D eigenvalue weighted by atomic mass is 9.18. The normalized spacial score (nSPS) is 34.5. The van der Waals surface area contributed by atoms with Crippen molar-refractivity contribution in [1.82, 2.24) is 14.9 Å². The molecule has 7 aliphatic rings. The van der Waals surface area contributed by atoms with Gasteiger partial charge in [-0.15, -0.1) is 11.3 Å². The largest absolute Gasteiger partial charge is 0.455 e. The monoisotopic (exact) mass is 832 g/mol. The summed E-state index contributed by atoms with van der Waals surface area (Å²) in [6, 6.07) is 11.9. The minimum absolute atomic E-state index is 0.0712. The van der Waals surface area contributed by atoms with E-state index in [1.807, 2.05) is 55.1 Å². The lowest BCUT2D eigenvalue weighted by Gasteiger charge is -2.88. The van der Waals surface area contributed by atoms with Crippen LogP contribution in [0.15, 0.2) is 69.9 Å². The number of pyridine rings is 1. The lowest BCUT2D eigenvalue weighted by Crippen LogP contribution is -2.87. The Hall–Kier alpha value is -4.01. The standard InChI is InChI=1S/C47H62N9O3S/c1-28(40(49)54-43-52-35-11-5-6-12-36(35)60-43)32-10-9-19-56(41(32)50)37-14-13-33-38(34(48)25-58-42(57)39(33)53-37)29(2)51-24-31-22-45(4)27-46(59-21-20-55-17-7-8-18-55)26-44(3)16-15-30(31)23-47(44,45)46/h5-6,11-14,30-31,42,57H,7-10,15-27,48-50H2,1-4H3/q-1/b40-28+,51-29?. The van der Waals surface area contributed by atoms with Gasteiger partial charge in [-0.25, -0.2) is 4.98 Å². The average molecular weight is 833 g/mol. The minimum atomic E-state index is -1.26. The van der Waals surface area contributed by atoms with Gasteiger partial charge in [-0.2, -0.15) is 0 Å². The van der Waals surface area contributed by atoms with Gasteiger partial charge in [-0.1, -0.05) is 32.0 Å². The zero-order valence-electron chi connectivity index (χ0n) is 35.8. The van der Waals surface area contributed by atoms with Crippen molar-refractivity contribution >= 4 is 43.8 Å². The minimum Gasteiger partial charge on any atom is -0.455 e. The fraction of sp³-hybridized carbons (Fsp3) is 0.596. The molecule has 3 aliphatic heterocycles. The molecular weight excluding hydrogens is 771 g/mol. The summed E-state index contributed by atoms with van der Waals surface area (Å²) >= 11 is 1.51. The number of likely N-dealkylation sites (tertiary alicyclic amines) is 1. The summed E-state index contributed by atoms with van der Waals surface area (Å²) in [5.74, 6) is 2.74. The number of allylic oxidation sites excluding steroid dienone is 3. The number of fused-ring (bicyclic) bond motifs is 3. The molecule has 1 saturated heterocycles. The molecule has 5 heterocycles. The highest BCUT2D eigenvalue weighted by molar-refractivity contribution is 7.22. The summed E-state index contributed by atoms with van der Waals surface area (Å²) in [7, 11) is 0. The van der Waals surface area contributed by atoms with Crippen molar-refractivity contribution in [3.8, 4) is 0 Å². The van der Waals surface area contributed by atoms with Crippen LogP contribution in [0.3, 0.4) is 0 Å². The topological polar surface area (TPSA) is 175 Å². The van der Waals surface area contributed by atoms with Crippen molar-refractivity contribution in [2.24, 2.45) is 50.3 Å². The van der Waals surface area contributed by atoms with Crippen LogP contribution in [-0.4, -0.2) is 77.2 Å². The molecule has 320 valence electrons.